The predicted molar refractivity (Wildman–Crippen MR) is 163 cm³/mol. The third kappa shape index (κ3) is 6.57. The molecule has 0 saturated carbocycles. The number of aliphatic hydroxyl groups excluding tert-OH is 1. The van der Waals surface area contributed by atoms with Crippen LogP contribution >= 0.6 is 11.6 Å². The van der Waals surface area contributed by atoms with Gasteiger partial charge in [-0.1, -0.05) is 35.9 Å². The summed E-state index contributed by atoms with van der Waals surface area (Å²) in [5.41, 5.74) is 5.80. The van der Waals surface area contributed by atoms with E-state index in [4.69, 9.17) is 11.6 Å². The van der Waals surface area contributed by atoms with E-state index in [0.29, 0.717) is 34.8 Å². The fourth-order valence-electron chi connectivity index (χ4n) is 5.65. The van der Waals surface area contributed by atoms with Crippen molar-refractivity contribution in [3.05, 3.63) is 110 Å². The van der Waals surface area contributed by atoms with Gasteiger partial charge in [-0.15, -0.1) is 0 Å². The number of anilines is 2. The SMILES string of the molecule is O=C(Nc1c[nH]c(=O)c(C2Cc3cc(CN4CCN(CCO)CC4)ccc3N2)c1)c1cnn(Cc2ccc(Cl)cc2)c1. The summed E-state index contributed by atoms with van der Waals surface area (Å²) < 4.78 is 1.70. The second-order valence-corrected chi connectivity index (χ2v) is 11.4. The minimum Gasteiger partial charge on any atom is -0.395 e. The minimum absolute atomic E-state index is 0.185. The monoisotopic (exact) mass is 587 g/mol. The Morgan fingerprint density at radius 3 is 2.57 bits per heavy atom. The smallest absolute Gasteiger partial charge is 0.258 e. The molecule has 0 bridgehead atoms. The molecule has 0 aliphatic carbocycles. The molecule has 2 aromatic heterocycles. The molecule has 6 rings (SSSR count). The molecule has 11 heteroatoms. The van der Waals surface area contributed by atoms with Crippen LogP contribution in [0.15, 0.2) is 71.9 Å². The van der Waals surface area contributed by atoms with Gasteiger partial charge in [-0.25, -0.2) is 0 Å². The van der Waals surface area contributed by atoms with E-state index in [1.807, 2.05) is 24.3 Å². The molecule has 4 aromatic rings. The standard InChI is InChI=1S/C31H34ClN7O3/c32-25-4-1-21(2-5-25)19-39-20-24(16-34-39)30(41)35-26-15-27(31(42)33-17-26)29-14-23-13-22(3-6-28(23)36-29)18-38-9-7-37(8-10-38)11-12-40/h1-6,13,15-17,20,29,36,40H,7-12,14,18-19H2,(H,33,42)(H,35,41). The zero-order valence-electron chi connectivity index (χ0n) is 23.2. The number of piperazine rings is 1. The van der Waals surface area contributed by atoms with Crippen LogP contribution in [-0.2, 0) is 19.5 Å². The largest absolute Gasteiger partial charge is 0.395 e. The van der Waals surface area contributed by atoms with E-state index in [1.54, 1.807) is 16.9 Å². The van der Waals surface area contributed by atoms with Crippen molar-refractivity contribution < 1.29 is 9.90 Å². The molecule has 2 aromatic carbocycles. The van der Waals surface area contributed by atoms with Gasteiger partial charge in [0.2, 0.25) is 0 Å². The van der Waals surface area contributed by atoms with Crippen LogP contribution in [0.25, 0.3) is 0 Å². The average Bonchev–Trinajstić information content (AvgIpc) is 3.63. The van der Waals surface area contributed by atoms with Crippen LogP contribution in [0.5, 0.6) is 0 Å². The number of aromatic nitrogens is 3. The molecule has 1 amide bonds. The molecule has 1 unspecified atom stereocenters. The van der Waals surface area contributed by atoms with E-state index in [1.165, 1.54) is 23.5 Å². The average molecular weight is 588 g/mol. The first-order valence-corrected chi connectivity index (χ1v) is 14.6. The van der Waals surface area contributed by atoms with E-state index in [0.717, 1.165) is 50.5 Å². The number of β-amino-alcohol motifs (C(OH)–C–C–N with tert-alkyl or cyclic N) is 1. The molecule has 0 spiro atoms. The zero-order chi connectivity index (χ0) is 29.1. The first-order chi connectivity index (χ1) is 20.4. The lowest BCUT2D eigenvalue weighted by atomic mass is 10.0. The number of hydrogen-bond donors (Lipinski definition) is 4. The van der Waals surface area contributed by atoms with Gasteiger partial charge in [0.15, 0.2) is 0 Å². The highest BCUT2D eigenvalue weighted by molar-refractivity contribution is 6.30. The van der Waals surface area contributed by atoms with Gasteiger partial charge in [0.1, 0.15) is 0 Å². The molecular weight excluding hydrogens is 554 g/mol. The number of hydrogen-bond acceptors (Lipinski definition) is 7. The number of amides is 1. The maximum absolute atomic E-state index is 13.0. The third-order valence-electron chi connectivity index (χ3n) is 7.93. The van der Waals surface area contributed by atoms with Crippen LogP contribution < -0.4 is 16.2 Å². The number of pyridine rings is 1. The lowest BCUT2D eigenvalue weighted by Gasteiger charge is -2.34. The van der Waals surface area contributed by atoms with Gasteiger partial charge in [-0.2, -0.15) is 5.10 Å². The summed E-state index contributed by atoms with van der Waals surface area (Å²) in [7, 11) is 0. The summed E-state index contributed by atoms with van der Waals surface area (Å²) in [4.78, 5) is 33.3. The van der Waals surface area contributed by atoms with E-state index in [9.17, 15) is 14.7 Å². The maximum atomic E-state index is 13.0. The Labute approximate surface area is 248 Å². The Morgan fingerprint density at radius 2 is 1.79 bits per heavy atom. The van der Waals surface area contributed by atoms with Crippen molar-refractivity contribution in [2.24, 2.45) is 0 Å². The lowest BCUT2D eigenvalue weighted by molar-refractivity contribution is 0.102. The molecule has 10 nitrogen and oxygen atoms in total. The van der Waals surface area contributed by atoms with Crippen LogP contribution in [0, 0.1) is 0 Å². The van der Waals surface area contributed by atoms with Crippen molar-refractivity contribution >= 4 is 28.9 Å². The Bertz CT molecular complexity index is 1610. The van der Waals surface area contributed by atoms with Gasteiger partial charge < -0.3 is 20.7 Å². The van der Waals surface area contributed by atoms with Crippen molar-refractivity contribution in [3.63, 3.8) is 0 Å². The van der Waals surface area contributed by atoms with Crippen LogP contribution in [-0.4, -0.2) is 74.9 Å². The van der Waals surface area contributed by atoms with Gasteiger partial charge in [-0.3, -0.25) is 24.1 Å². The molecule has 218 valence electrons. The van der Waals surface area contributed by atoms with Gasteiger partial charge in [0, 0.05) is 67.9 Å². The highest BCUT2D eigenvalue weighted by Gasteiger charge is 2.26. The highest BCUT2D eigenvalue weighted by atomic mass is 35.5. The van der Waals surface area contributed by atoms with Gasteiger partial charge in [0.05, 0.1) is 36.6 Å². The number of nitrogens with one attached hydrogen (secondary N) is 3. The van der Waals surface area contributed by atoms with E-state index in [-0.39, 0.29) is 24.1 Å². The summed E-state index contributed by atoms with van der Waals surface area (Å²) >= 11 is 5.96. The van der Waals surface area contributed by atoms with Gasteiger partial charge in [0.25, 0.3) is 11.5 Å². The Hall–Kier alpha value is -3.96. The number of nitrogens with zero attached hydrogens (tertiary/aromatic N) is 4. The molecule has 42 heavy (non-hydrogen) atoms. The summed E-state index contributed by atoms with van der Waals surface area (Å²) in [6.45, 7) is 6.23. The quantitative estimate of drug-likeness (QED) is 0.237. The third-order valence-corrected chi connectivity index (χ3v) is 8.18. The number of benzene rings is 2. The summed E-state index contributed by atoms with van der Waals surface area (Å²) in [6, 6.07) is 15.5. The second kappa shape index (κ2) is 12.5. The van der Waals surface area contributed by atoms with E-state index < -0.39 is 0 Å². The predicted octanol–water partition coefficient (Wildman–Crippen LogP) is 3.34. The van der Waals surface area contributed by atoms with Gasteiger partial charge in [-0.05, 0) is 47.4 Å². The molecule has 0 radical (unpaired) electrons. The van der Waals surface area contributed by atoms with Crippen molar-refractivity contribution in [1.29, 1.82) is 0 Å². The normalized spacial score (nSPS) is 17.1. The minimum atomic E-state index is -0.306. The topological polar surface area (TPSA) is 119 Å². The van der Waals surface area contributed by atoms with Crippen LogP contribution in [0.3, 0.4) is 0 Å². The number of carbonyl (C=O) groups is 1. The first kappa shape index (κ1) is 28.2. The highest BCUT2D eigenvalue weighted by Crippen LogP contribution is 2.34. The zero-order valence-corrected chi connectivity index (χ0v) is 24.0. The molecule has 2 aliphatic heterocycles. The second-order valence-electron chi connectivity index (χ2n) is 10.9. The number of halogens is 1. The molecule has 2 aliphatic rings. The maximum Gasteiger partial charge on any atom is 0.258 e. The molecular formula is C31H34ClN7O3. The first-order valence-electron chi connectivity index (χ1n) is 14.2. The summed E-state index contributed by atoms with van der Waals surface area (Å²) in [6.07, 6.45) is 5.42. The Balaban J connectivity index is 1.08. The molecule has 1 saturated heterocycles. The fraction of sp³-hybridized carbons (Fsp3) is 0.323. The summed E-state index contributed by atoms with van der Waals surface area (Å²) in [5.74, 6) is -0.306. The van der Waals surface area contributed by atoms with Gasteiger partial charge >= 0.3 is 0 Å². The van der Waals surface area contributed by atoms with Crippen molar-refractivity contribution in [2.75, 3.05) is 50.0 Å². The van der Waals surface area contributed by atoms with Crippen LogP contribution in [0.4, 0.5) is 11.4 Å². The number of H-pyrrole nitrogens is 1. The Morgan fingerprint density at radius 1 is 1.02 bits per heavy atom. The number of carbonyl (C=O) groups excluding carboxylic acids is 1. The molecule has 1 fully saturated rings. The molecule has 4 N–H and O–H groups in total. The van der Waals surface area contributed by atoms with Crippen molar-refractivity contribution in [3.8, 4) is 0 Å². The van der Waals surface area contributed by atoms with Crippen molar-refractivity contribution in [1.82, 2.24) is 24.6 Å². The lowest BCUT2D eigenvalue weighted by Crippen LogP contribution is -2.46. The number of rotatable bonds is 9. The summed E-state index contributed by atoms with van der Waals surface area (Å²) in [5, 5.41) is 20.5. The number of fused-ring (bicyclic) bond motifs is 1. The fourth-order valence-corrected chi connectivity index (χ4v) is 5.78. The molecule has 1 atom stereocenters. The van der Waals surface area contributed by atoms with E-state index >= 15 is 0 Å². The van der Waals surface area contributed by atoms with Crippen LogP contribution in [0.1, 0.15) is 38.7 Å². The molecule has 4 heterocycles. The van der Waals surface area contributed by atoms with Crippen LogP contribution in [0.2, 0.25) is 5.02 Å². The number of aliphatic hydroxyl groups is 1. The number of aromatic amines is 1. The Kier molecular flexibility index (Phi) is 8.38. The van der Waals surface area contributed by atoms with Crippen molar-refractivity contribution in [2.45, 2.75) is 25.6 Å². The van der Waals surface area contributed by atoms with E-state index in [2.05, 4.69) is 48.7 Å².